The molecule has 1 N–H and O–H groups in total. The number of hydrogen-bond donors (Lipinski definition) is 1. The molecule has 1 aromatic heterocycles. The molecular formula is C13H20N2O2. The highest BCUT2D eigenvalue weighted by Gasteiger charge is 2.02. The number of aliphatic hydroxyl groups excluding tert-OH is 1. The van der Waals surface area contributed by atoms with E-state index in [1.165, 1.54) is 0 Å². The molecule has 17 heavy (non-hydrogen) atoms. The van der Waals surface area contributed by atoms with Gasteiger partial charge >= 0.3 is 0 Å². The molecular weight excluding hydrogens is 216 g/mol. The van der Waals surface area contributed by atoms with Gasteiger partial charge in [-0.3, -0.25) is 0 Å². The van der Waals surface area contributed by atoms with Crippen molar-refractivity contribution in [2.45, 2.75) is 27.3 Å². The average molecular weight is 236 g/mol. The summed E-state index contributed by atoms with van der Waals surface area (Å²) in [6.45, 7) is 7.32. The lowest BCUT2D eigenvalue weighted by atomic mass is 10.3. The quantitative estimate of drug-likeness (QED) is 0.887. The summed E-state index contributed by atoms with van der Waals surface area (Å²) in [5, 5.41) is 8.66. The molecule has 0 saturated carbocycles. The molecule has 4 nitrogen and oxygen atoms in total. The Labute approximate surface area is 102 Å². The molecule has 0 aliphatic carbocycles. The van der Waals surface area contributed by atoms with Crippen LogP contribution >= 0.6 is 0 Å². The number of rotatable bonds is 4. The Kier molecular flexibility index (Phi) is 5.49. The summed E-state index contributed by atoms with van der Waals surface area (Å²) in [6, 6.07) is 5.74. The highest BCUT2D eigenvalue weighted by molar-refractivity contribution is 5.76. The van der Waals surface area contributed by atoms with Crippen molar-refractivity contribution >= 4 is 11.0 Å². The zero-order chi connectivity index (χ0) is 12.7. The van der Waals surface area contributed by atoms with Crippen LogP contribution in [0.25, 0.3) is 11.0 Å². The molecule has 0 spiro atoms. The van der Waals surface area contributed by atoms with Gasteiger partial charge in [-0.15, -0.1) is 0 Å². The zero-order valence-corrected chi connectivity index (χ0v) is 10.7. The summed E-state index contributed by atoms with van der Waals surface area (Å²) in [6.07, 6.45) is 1.82. The highest BCUT2D eigenvalue weighted by atomic mass is 16.5. The van der Waals surface area contributed by atoms with Crippen molar-refractivity contribution in [2.75, 3.05) is 13.2 Å². The van der Waals surface area contributed by atoms with Crippen molar-refractivity contribution < 1.29 is 9.84 Å². The summed E-state index contributed by atoms with van der Waals surface area (Å²) >= 11 is 0. The third-order valence-electron chi connectivity index (χ3n) is 2.29. The molecule has 0 aliphatic heterocycles. The standard InChI is InChI=1S/C11H14N2O2.C2H6/c1-2-13-8-12-10-4-3-9(7-11(10)13)15-6-5-14;1-2/h3-4,7-8,14H,2,5-6H2,1H3;1-2H3. The molecule has 2 aromatic rings. The van der Waals surface area contributed by atoms with Crippen LogP contribution in [0.1, 0.15) is 20.8 Å². The lowest BCUT2D eigenvalue weighted by Gasteiger charge is -2.04. The normalized spacial score (nSPS) is 9.88. The largest absolute Gasteiger partial charge is 0.491 e. The number of hydrogen-bond acceptors (Lipinski definition) is 3. The first-order chi connectivity index (χ1) is 8.35. The summed E-state index contributed by atoms with van der Waals surface area (Å²) in [5.74, 6) is 0.770. The lowest BCUT2D eigenvalue weighted by molar-refractivity contribution is 0.201. The zero-order valence-electron chi connectivity index (χ0n) is 10.7. The van der Waals surface area contributed by atoms with E-state index in [-0.39, 0.29) is 6.61 Å². The fraction of sp³-hybridized carbons (Fsp3) is 0.462. The Morgan fingerprint density at radius 3 is 2.76 bits per heavy atom. The second-order valence-corrected chi connectivity index (χ2v) is 3.25. The van der Waals surface area contributed by atoms with Gasteiger partial charge in [0, 0.05) is 12.6 Å². The van der Waals surface area contributed by atoms with Crippen LogP contribution in [0.5, 0.6) is 5.75 Å². The molecule has 0 radical (unpaired) electrons. The van der Waals surface area contributed by atoms with Crippen LogP contribution < -0.4 is 4.74 Å². The molecule has 0 aliphatic rings. The average Bonchev–Trinajstić information content (AvgIpc) is 2.81. The lowest BCUT2D eigenvalue weighted by Crippen LogP contribution is -2.01. The second-order valence-electron chi connectivity index (χ2n) is 3.25. The van der Waals surface area contributed by atoms with Gasteiger partial charge in [0.1, 0.15) is 12.4 Å². The SMILES string of the molecule is CC.CCn1cnc2ccc(OCCO)cc21. The van der Waals surface area contributed by atoms with Crippen molar-refractivity contribution in [3.05, 3.63) is 24.5 Å². The predicted molar refractivity (Wildman–Crippen MR) is 69.3 cm³/mol. The monoisotopic (exact) mass is 236 g/mol. The minimum atomic E-state index is 0.0328. The van der Waals surface area contributed by atoms with Crippen LogP contribution in [0.3, 0.4) is 0 Å². The first kappa shape index (κ1) is 13.5. The maximum atomic E-state index is 8.66. The minimum Gasteiger partial charge on any atom is -0.491 e. The predicted octanol–water partition coefficient (Wildman–Crippen LogP) is 2.45. The van der Waals surface area contributed by atoms with E-state index in [4.69, 9.17) is 9.84 Å². The number of aliphatic hydroxyl groups is 1. The summed E-state index contributed by atoms with van der Waals surface area (Å²) in [4.78, 5) is 4.27. The van der Waals surface area contributed by atoms with Gasteiger partial charge in [0.25, 0.3) is 0 Å². The Morgan fingerprint density at radius 2 is 2.12 bits per heavy atom. The van der Waals surface area contributed by atoms with Crippen molar-refractivity contribution in [3.63, 3.8) is 0 Å². The molecule has 1 aromatic carbocycles. The van der Waals surface area contributed by atoms with E-state index < -0.39 is 0 Å². The first-order valence-electron chi connectivity index (χ1n) is 6.03. The van der Waals surface area contributed by atoms with E-state index in [1.54, 1.807) is 0 Å². The molecule has 1 heterocycles. The van der Waals surface area contributed by atoms with Gasteiger partial charge in [-0.1, -0.05) is 13.8 Å². The third-order valence-corrected chi connectivity index (χ3v) is 2.29. The fourth-order valence-corrected chi connectivity index (χ4v) is 1.54. The van der Waals surface area contributed by atoms with Crippen LogP contribution in [0, 0.1) is 0 Å². The first-order valence-corrected chi connectivity index (χ1v) is 6.03. The molecule has 0 amide bonds. The van der Waals surface area contributed by atoms with Gasteiger partial charge in [0.15, 0.2) is 0 Å². The van der Waals surface area contributed by atoms with Crippen LogP contribution in [0.4, 0.5) is 0 Å². The van der Waals surface area contributed by atoms with Crippen molar-refractivity contribution in [1.29, 1.82) is 0 Å². The number of aromatic nitrogens is 2. The van der Waals surface area contributed by atoms with Crippen LogP contribution in [0.15, 0.2) is 24.5 Å². The Bertz CT molecular complexity index is 452. The summed E-state index contributed by atoms with van der Waals surface area (Å²) in [7, 11) is 0. The Morgan fingerprint density at radius 1 is 1.35 bits per heavy atom. The smallest absolute Gasteiger partial charge is 0.121 e. The van der Waals surface area contributed by atoms with Crippen molar-refractivity contribution in [2.24, 2.45) is 0 Å². The van der Waals surface area contributed by atoms with E-state index in [0.717, 1.165) is 23.3 Å². The molecule has 4 heteroatoms. The number of benzene rings is 1. The van der Waals surface area contributed by atoms with E-state index >= 15 is 0 Å². The van der Waals surface area contributed by atoms with Crippen LogP contribution in [-0.4, -0.2) is 27.9 Å². The molecule has 0 fully saturated rings. The molecule has 0 saturated heterocycles. The number of fused-ring (bicyclic) bond motifs is 1. The molecule has 0 bridgehead atoms. The van der Waals surface area contributed by atoms with Gasteiger partial charge in [-0.25, -0.2) is 4.98 Å². The van der Waals surface area contributed by atoms with E-state index in [1.807, 2.05) is 38.4 Å². The van der Waals surface area contributed by atoms with Crippen LogP contribution in [0.2, 0.25) is 0 Å². The minimum absolute atomic E-state index is 0.0328. The Hall–Kier alpha value is -1.55. The highest BCUT2D eigenvalue weighted by Crippen LogP contribution is 2.19. The molecule has 0 atom stereocenters. The maximum absolute atomic E-state index is 8.66. The maximum Gasteiger partial charge on any atom is 0.121 e. The Balaban J connectivity index is 0.000000686. The number of ether oxygens (including phenoxy) is 1. The second kappa shape index (κ2) is 6.91. The van der Waals surface area contributed by atoms with E-state index in [2.05, 4.69) is 16.5 Å². The van der Waals surface area contributed by atoms with Gasteiger partial charge < -0.3 is 14.4 Å². The summed E-state index contributed by atoms with van der Waals surface area (Å²) < 4.78 is 7.40. The molecule has 2 rings (SSSR count). The van der Waals surface area contributed by atoms with Gasteiger partial charge in [0.05, 0.1) is 24.0 Å². The third kappa shape index (κ3) is 3.20. The van der Waals surface area contributed by atoms with Crippen LogP contribution in [-0.2, 0) is 6.54 Å². The fourth-order valence-electron chi connectivity index (χ4n) is 1.54. The summed E-state index contributed by atoms with van der Waals surface area (Å²) in [5.41, 5.74) is 2.03. The molecule has 94 valence electrons. The topological polar surface area (TPSA) is 47.3 Å². The van der Waals surface area contributed by atoms with Crippen molar-refractivity contribution in [3.8, 4) is 5.75 Å². The van der Waals surface area contributed by atoms with E-state index in [0.29, 0.717) is 6.61 Å². The molecule has 0 unspecified atom stereocenters. The van der Waals surface area contributed by atoms with Gasteiger partial charge in [-0.2, -0.15) is 0 Å². The number of aryl methyl sites for hydroxylation is 1. The number of imidazole rings is 1. The van der Waals surface area contributed by atoms with Gasteiger partial charge in [0.2, 0.25) is 0 Å². The van der Waals surface area contributed by atoms with E-state index in [9.17, 15) is 0 Å². The number of nitrogens with zero attached hydrogens (tertiary/aromatic N) is 2. The van der Waals surface area contributed by atoms with Gasteiger partial charge in [-0.05, 0) is 19.1 Å². The van der Waals surface area contributed by atoms with Crippen molar-refractivity contribution in [1.82, 2.24) is 9.55 Å².